The lowest BCUT2D eigenvalue weighted by Crippen LogP contribution is -2.30. The quantitative estimate of drug-likeness (QED) is 0.858. The summed E-state index contributed by atoms with van der Waals surface area (Å²) in [6.45, 7) is 1.87. The number of aryl methyl sites for hydroxylation is 1. The molecule has 1 saturated heterocycles. The Morgan fingerprint density at radius 1 is 1.04 bits per heavy atom. The number of aromatic carboxylic acids is 1. The Bertz CT molecular complexity index is 877. The van der Waals surface area contributed by atoms with Gasteiger partial charge in [0.25, 0.3) is 0 Å². The maximum atomic E-state index is 12.8. The number of rotatable bonds is 5. The maximum absolute atomic E-state index is 12.8. The number of amides is 1. The van der Waals surface area contributed by atoms with Crippen molar-refractivity contribution in [3.63, 3.8) is 0 Å². The Morgan fingerprint density at radius 3 is 2.54 bits per heavy atom. The number of likely N-dealkylation sites (tertiary alicyclic amines) is 1. The average Bonchev–Trinajstić information content (AvgIpc) is 3.22. The molecule has 1 atom stereocenters. The van der Waals surface area contributed by atoms with Gasteiger partial charge in [-0.1, -0.05) is 18.2 Å². The van der Waals surface area contributed by atoms with E-state index in [1.54, 1.807) is 24.3 Å². The third kappa shape index (κ3) is 3.81. The van der Waals surface area contributed by atoms with Crippen LogP contribution in [0, 0.1) is 0 Å². The van der Waals surface area contributed by atoms with Crippen molar-refractivity contribution in [2.45, 2.75) is 31.7 Å². The van der Waals surface area contributed by atoms with Crippen molar-refractivity contribution in [2.24, 2.45) is 0 Å². The fourth-order valence-electron chi connectivity index (χ4n) is 3.89. The maximum Gasteiger partial charge on any atom is 0.335 e. The van der Waals surface area contributed by atoms with Gasteiger partial charge in [0.1, 0.15) is 13.2 Å². The normalized spacial score (nSPS) is 18.1. The minimum absolute atomic E-state index is 0.0673. The van der Waals surface area contributed by atoms with Crippen LogP contribution in [0.3, 0.4) is 0 Å². The number of ether oxygens (including phenoxy) is 2. The summed E-state index contributed by atoms with van der Waals surface area (Å²) in [7, 11) is 0. The van der Waals surface area contributed by atoms with Crippen molar-refractivity contribution < 1.29 is 24.2 Å². The van der Waals surface area contributed by atoms with E-state index in [-0.39, 0.29) is 17.5 Å². The van der Waals surface area contributed by atoms with Gasteiger partial charge in [0, 0.05) is 13.0 Å². The van der Waals surface area contributed by atoms with E-state index in [9.17, 15) is 9.59 Å². The van der Waals surface area contributed by atoms with Crippen LogP contribution in [0.5, 0.6) is 11.5 Å². The number of carbonyl (C=O) groups is 2. The number of nitrogens with zero attached hydrogens (tertiary/aromatic N) is 1. The van der Waals surface area contributed by atoms with Crippen molar-refractivity contribution in [3.8, 4) is 11.5 Å². The van der Waals surface area contributed by atoms with Gasteiger partial charge in [-0.15, -0.1) is 0 Å². The van der Waals surface area contributed by atoms with Gasteiger partial charge in [-0.3, -0.25) is 4.79 Å². The Kier molecular flexibility index (Phi) is 5.19. The number of carbonyl (C=O) groups excluding carboxylic acids is 1. The van der Waals surface area contributed by atoms with Gasteiger partial charge in [-0.2, -0.15) is 0 Å². The molecule has 6 heteroatoms. The second-order valence-corrected chi connectivity index (χ2v) is 7.15. The number of benzene rings is 2. The highest BCUT2D eigenvalue weighted by Gasteiger charge is 2.30. The monoisotopic (exact) mass is 381 g/mol. The summed E-state index contributed by atoms with van der Waals surface area (Å²) in [5.41, 5.74) is 2.31. The van der Waals surface area contributed by atoms with Crippen LogP contribution in [0.1, 0.15) is 46.8 Å². The van der Waals surface area contributed by atoms with E-state index in [0.29, 0.717) is 26.1 Å². The van der Waals surface area contributed by atoms with Gasteiger partial charge in [0.2, 0.25) is 5.91 Å². The molecule has 146 valence electrons. The lowest BCUT2D eigenvalue weighted by Gasteiger charge is -2.27. The van der Waals surface area contributed by atoms with Crippen LogP contribution in [0.4, 0.5) is 0 Å². The highest BCUT2D eigenvalue weighted by Crippen LogP contribution is 2.38. The zero-order valence-corrected chi connectivity index (χ0v) is 15.6. The summed E-state index contributed by atoms with van der Waals surface area (Å²) in [6.07, 6.45) is 2.94. The van der Waals surface area contributed by atoms with Crippen LogP contribution >= 0.6 is 0 Å². The average molecular weight is 381 g/mol. The molecular weight excluding hydrogens is 358 g/mol. The molecule has 0 spiro atoms. The Morgan fingerprint density at radius 2 is 1.79 bits per heavy atom. The van der Waals surface area contributed by atoms with Crippen LogP contribution in [0.25, 0.3) is 0 Å². The summed E-state index contributed by atoms with van der Waals surface area (Å²) in [6, 6.07) is 12.7. The molecule has 0 radical (unpaired) electrons. The molecule has 0 aliphatic carbocycles. The van der Waals surface area contributed by atoms with Crippen LogP contribution < -0.4 is 9.47 Å². The van der Waals surface area contributed by atoms with E-state index in [1.807, 2.05) is 23.1 Å². The number of hydrogen-bond donors (Lipinski definition) is 1. The summed E-state index contributed by atoms with van der Waals surface area (Å²) < 4.78 is 11.3. The van der Waals surface area contributed by atoms with E-state index in [0.717, 1.165) is 42.0 Å². The third-order valence-corrected chi connectivity index (χ3v) is 5.35. The van der Waals surface area contributed by atoms with Crippen molar-refractivity contribution >= 4 is 11.9 Å². The van der Waals surface area contributed by atoms with E-state index in [4.69, 9.17) is 14.6 Å². The molecule has 2 aliphatic heterocycles. The van der Waals surface area contributed by atoms with Crippen molar-refractivity contribution in [1.29, 1.82) is 0 Å². The Hall–Kier alpha value is -3.02. The predicted molar refractivity (Wildman–Crippen MR) is 103 cm³/mol. The van der Waals surface area contributed by atoms with E-state index in [2.05, 4.69) is 0 Å². The van der Waals surface area contributed by atoms with Gasteiger partial charge in [-0.05, 0) is 54.7 Å². The molecule has 1 N–H and O–H groups in total. The molecule has 2 aromatic carbocycles. The molecule has 0 unspecified atom stereocenters. The van der Waals surface area contributed by atoms with E-state index >= 15 is 0 Å². The van der Waals surface area contributed by atoms with Gasteiger partial charge in [0.05, 0.1) is 11.6 Å². The zero-order valence-electron chi connectivity index (χ0n) is 15.6. The standard InChI is InChI=1S/C22H23NO5/c24-21(10-5-15-3-6-16(7-4-15)22(25)26)23-11-1-2-18(23)17-8-9-19-20(14-17)28-13-12-27-19/h3-4,6-9,14,18H,1-2,5,10-13H2,(H,25,26)/t18-/m0/s1. The molecule has 4 rings (SSSR count). The molecule has 1 fully saturated rings. The second-order valence-electron chi connectivity index (χ2n) is 7.15. The molecule has 1 amide bonds. The molecule has 6 nitrogen and oxygen atoms in total. The van der Waals surface area contributed by atoms with Crippen molar-refractivity contribution in [1.82, 2.24) is 4.90 Å². The molecule has 2 heterocycles. The van der Waals surface area contributed by atoms with Gasteiger partial charge < -0.3 is 19.5 Å². The molecule has 0 saturated carbocycles. The predicted octanol–water partition coefficient (Wildman–Crippen LogP) is 3.45. The first kappa shape index (κ1) is 18.3. The minimum atomic E-state index is -0.943. The van der Waals surface area contributed by atoms with Gasteiger partial charge in [-0.25, -0.2) is 4.79 Å². The Labute approximate surface area is 163 Å². The first-order valence-electron chi connectivity index (χ1n) is 9.63. The van der Waals surface area contributed by atoms with Crippen molar-refractivity contribution in [2.75, 3.05) is 19.8 Å². The second kappa shape index (κ2) is 7.92. The summed E-state index contributed by atoms with van der Waals surface area (Å²) in [5, 5.41) is 8.97. The molecule has 0 bridgehead atoms. The van der Waals surface area contributed by atoms with E-state index < -0.39 is 5.97 Å². The van der Waals surface area contributed by atoms with Gasteiger partial charge >= 0.3 is 5.97 Å². The number of fused-ring (bicyclic) bond motifs is 1. The fourth-order valence-corrected chi connectivity index (χ4v) is 3.89. The van der Waals surface area contributed by atoms with Crippen LogP contribution in [0.15, 0.2) is 42.5 Å². The first-order chi connectivity index (χ1) is 13.6. The molecular formula is C22H23NO5. The fraction of sp³-hybridized carbons (Fsp3) is 0.364. The van der Waals surface area contributed by atoms with Crippen molar-refractivity contribution in [3.05, 3.63) is 59.2 Å². The zero-order chi connectivity index (χ0) is 19.5. The summed E-state index contributed by atoms with van der Waals surface area (Å²) in [4.78, 5) is 25.7. The number of carboxylic acids is 1. The Balaban J connectivity index is 1.41. The van der Waals surface area contributed by atoms with Crippen LogP contribution in [0.2, 0.25) is 0 Å². The summed E-state index contributed by atoms with van der Waals surface area (Å²) in [5.74, 6) is 0.693. The third-order valence-electron chi connectivity index (χ3n) is 5.35. The van der Waals surface area contributed by atoms with E-state index in [1.165, 1.54) is 0 Å². The highest BCUT2D eigenvalue weighted by molar-refractivity contribution is 5.87. The number of hydrogen-bond acceptors (Lipinski definition) is 4. The lowest BCUT2D eigenvalue weighted by molar-refractivity contribution is -0.132. The minimum Gasteiger partial charge on any atom is -0.486 e. The topological polar surface area (TPSA) is 76.1 Å². The molecule has 28 heavy (non-hydrogen) atoms. The smallest absolute Gasteiger partial charge is 0.335 e. The molecule has 2 aromatic rings. The number of carboxylic acid groups (broad SMARTS) is 1. The summed E-state index contributed by atoms with van der Waals surface area (Å²) >= 11 is 0. The highest BCUT2D eigenvalue weighted by atomic mass is 16.6. The molecule has 0 aromatic heterocycles. The SMILES string of the molecule is O=C(O)c1ccc(CCC(=O)N2CCC[C@H]2c2ccc3c(c2)OCCO3)cc1. The molecule has 2 aliphatic rings. The largest absolute Gasteiger partial charge is 0.486 e. The van der Waals surface area contributed by atoms with Gasteiger partial charge in [0.15, 0.2) is 11.5 Å². The first-order valence-corrected chi connectivity index (χ1v) is 9.63. The van der Waals surface area contributed by atoms with Crippen LogP contribution in [-0.4, -0.2) is 41.6 Å². The lowest BCUT2D eigenvalue weighted by atomic mass is 10.0. The van der Waals surface area contributed by atoms with Crippen LogP contribution in [-0.2, 0) is 11.2 Å².